The van der Waals surface area contributed by atoms with E-state index < -0.39 is 40.9 Å². The van der Waals surface area contributed by atoms with Gasteiger partial charge in [0.15, 0.2) is 6.10 Å². The number of piperidine rings is 2. The van der Waals surface area contributed by atoms with Crippen LogP contribution in [0.25, 0.3) is 0 Å². The van der Waals surface area contributed by atoms with Crippen molar-refractivity contribution in [3.63, 3.8) is 0 Å². The Balaban J connectivity index is 1.18. The van der Waals surface area contributed by atoms with Gasteiger partial charge in [-0.1, -0.05) is 31.5 Å². The van der Waals surface area contributed by atoms with Crippen molar-refractivity contribution in [2.24, 2.45) is 5.92 Å². The van der Waals surface area contributed by atoms with E-state index in [0.29, 0.717) is 70.5 Å². The van der Waals surface area contributed by atoms with Crippen molar-refractivity contribution >= 4 is 45.2 Å². The highest BCUT2D eigenvalue weighted by atomic mass is 79.9. The summed E-state index contributed by atoms with van der Waals surface area (Å²) in [6.07, 6.45) is -2.25. The van der Waals surface area contributed by atoms with Gasteiger partial charge < -0.3 is 30.9 Å². The topological polar surface area (TPSA) is 120 Å². The summed E-state index contributed by atoms with van der Waals surface area (Å²) in [6.45, 7) is 6.89. The van der Waals surface area contributed by atoms with Gasteiger partial charge in [0, 0.05) is 80.3 Å². The van der Waals surface area contributed by atoms with Crippen molar-refractivity contribution in [3.05, 3.63) is 57.6 Å². The summed E-state index contributed by atoms with van der Waals surface area (Å²) in [5, 5.41) is 6.44. The zero-order valence-electron chi connectivity index (χ0n) is 28.4. The Hall–Kier alpha value is -3.36. The quantitative estimate of drug-likeness (QED) is 0.324. The zero-order chi connectivity index (χ0) is 35.6. The molecule has 2 aromatic carbocycles. The molecule has 3 fully saturated rings. The third-order valence-electron chi connectivity index (χ3n) is 11.0. The van der Waals surface area contributed by atoms with Crippen molar-refractivity contribution < 1.29 is 32.3 Å². The van der Waals surface area contributed by atoms with E-state index in [0.717, 1.165) is 49.7 Å². The summed E-state index contributed by atoms with van der Waals surface area (Å²) in [5.41, 5.74) is 5.86. The molecule has 272 valence electrons. The van der Waals surface area contributed by atoms with Gasteiger partial charge in [0.05, 0.1) is 11.3 Å². The Bertz CT molecular complexity index is 1570. The number of amides is 3. The Kier molecular flexibility index (Phi) is 11.0. The van der Waals surface area contributed by atoms with Gasteiger partial charge in [-0.3, -0.25) is 14.5 Å². The maximum atomic E-state index is 14.1. The van der Waals surface area contributed by atoms with Gasteiger partial charge in [-0.05, 0) is 83.4 Å². The number of para-hydroxylation sites is 1. The molecule has 1 spiro atoms. The lowest BCUT2D eigenvalue weighted by Gasteiger charge is -2.45. The molecule has 3 saturated heterocycles. The normalized spacial score (nSPS) is 23.3. The molecule has 0 bridgehead atoms. The molecule has 2 aromatic rings. The SMILES string of the molecule is CCCC1CCNCC1N1CCN(C(=O)[C@@H](Cc2cc(Br)c(N)c(C(F)(F)F)c2)OC(=O)N2CCC3(CC2)CC(=O)Nc2ccccc23)CC1. The molecule has 4 aliphatic heterocycles. The average Bonchev–Trinajstić information content (AvgIpc) is 3.09. The van der Waals surface area contributed by atoms with E-state index in [9.17, 15) is 27.6 Å². The van der Waals surface area contributed by atoms with Crippen LogP contribution in [0.5, 0.6) is 0 Å². The molecule has 0 radical (unpaired) electrons. The lowest BCUT2D eigenvalue weighted by Crippen LogP contribution is -2.59. The first-order chi connectivity index (χ1) is 23.9. The third-order valence-corrected chi connectivity index (χ3v) is 11.7. The molecule has 3 amide bonds. The minimum Gasteiger partial charge on any atom is -0.436 e. The molecule has 50 heavy (non-hydrogen) atoms. The molecule has 0 saturated carbocycles. The largest absolute Gasteiger partial charge is 0.436 e. The first kappa shape index (κ1) is 36.4. The second-order valence-corrected chi connectivity index (χ2v) is 15.0. The van der Waals surface area contributed by atoms with Gasteiger partial charge in [-0.25, -0.2) is 4.79 Å². The molecule has 0 aliphatic carbocycles. The lowest BCUT2D eigenvalue weighted by atomic mass is 9.68. The molecule has 3 atom stereocenters. The van der Waals surface area contributed by atoms with Crippen LogP contribution >= 0.6 is 15.9 Å². The van der Waals surface area contributed by atoms with E-state index in [2.05, 4.69) is 38.4 Å². The first-order valence-electron chi connectivity index (χ1n) is 17.6. The number of halogens is 4. The smallest absolute Gasteiger partial charge is 0.418 e. The van der Waals surface area contributed by atoms with E-state index >= 15 is 0 Å². The number of alkyl halides is 3. The summed E-state index contributed by atoms with van der Waals surface area (Å²) in [5.74, 6) is 0.0842. The number of carbonyl (C=O) groups is 3. The molecule has 4 heterocycles. The second-order valence-electron chi connectivity index (χ2n) is 14.1. The zero-order valence-corrected chi connectivity index (χ0v) is 30.0. The number of rotatable bonds is 7. The number of likely N-dealkylation sites (tertiary alicyclic amines) is 1. The number of hydrogen-bond acceptors (Lipinski definition) is 7. The number of benzene rings is 2. The summed E-state index contributed by atoms with van der Waals surface area (Å²) in [6, 6.07) is 10.4. The fraction of sp³-hybridized carbons (Fsp3) is 0.583. The molecule has 14 heteroatoms. The molecule has 2 unspecified atom stereocenters. The molecular formula is C36H46BrF3N6O4. The van der Waals surface area contributed by atoms with Crippen LogP contribution < -0.4 is 16.4 Å². The highest BCUT2D eigenvalue weighted by Crippen LogP contribution is 2.45. The van der Waals surface area contributed by atoms with Crippen molar-refractivity contribution in [3.8, 4) is 0 Å². The van der Waals surface area contributed by atoms with E-state index in [-0.39, 0.29) is 22.4 Å². The van der Waals surface area contributed by atoms with Crippen molar-refractivity contribution in [2.75, 3.05) is 63.4 Å². The van der Waals surface area contributed by atoms with Crippen LogP contribution in [0.4, 0.5) is 29.3 Å². The van der Waals surface area contributed by atoms with Gasteiger partial charge in [0.2, 0.25) is 5.91 Å². The van der Waals surface area contributed by atoms with Crippen LogP contribution in [0.3, 0.4) is 0 Å². The number of nitrogens with one attached hydrogen (secondary N) is 2. The number of nitrogens with two attached hydrogens (primary N) is 1. The Labute approximate surface area is 299 Å². The van der Waals surface area contributed by atoms with Crippen LogP contribution in [0, 0.1) is 5.92 Å². The van der Waals surface area contributed by atoms with Crippen LogP contribution in [-0.4, -0.2) is 97.1 Å². The van der Waals surface area contributed by atoms with Crippen LogP contribution in [-0.2, 0) is 32.3 Å². The van der Waals surface area contributed by atoms with Gasteiger partial charge in [-0.2, -0.15) is 13.2 Å². The number of ether oxygens (including phenoxy) is 1. The number of anilines is 2. The standard InChI is InChI=1S/C36H46BrF3N6O4/c1-2-5-24-8-11-42-22-29(24)44-14-16-45(17-15-44)33(48)30(20-23-18-26(36(38,39)40)32(41)27(37)19-23)50-34(49)46-12-9-35(10-13-46)21-31(47)43-28-7-4-3-6-25(28)35/h3-4,6-7,18-19,24,29-30,42H,2,5,8-17,20-22,41H2,1H3,(H,43,47)/t24?,29?,30-/m1/s1. The highest BCUT2D eigenvalue weighted by molar-refractivity contribution is 9.10. The van der Waals surface area contributed by atoms with Gasteiger partial charge >= 0.3 is 12.3 Å². The van der Waals surface area contributed by atoms with E-state index in [4.69, 9.17) is 10.5 Å². The van der Waals surface area contributed by atoms with E-state index in [1.807, 2.05) is 24.3 Å². The summed E-state index contributed by atoms with van der Waals surface area (Å²) >= 11 is 3.14. The molecule has 4 aliphatic rings. The molecular weight excluding hydrogens is 717 g/mol. The van der Waals surface area contributed by atoms with Crippen molar-refractivity contribution in [1.29, 1.82) is 0 Å². The predicted octanol–water partition coefficient (Wildman–Crippen LogP) is 5.40. The number of nitrogen functional groups attached to an aromatic ring is 1. The van der Waals surface area contributed by atoms with Gasteiger partial charge in [-0.15, -0.1) is 0 Å². The van der Waals surface area contributed by atoms with Gasteiger partial charge in [0.25, 0.3) is 5.91 Å². The minimum atomic E-state index is -4.71. The maximum Gasteiger partial charge on any atom is 0.418 e. The monoisotopic (exact) mass is 762 g/mol. The average molecular weight is 764 g/mol. The van der Waals surface area contributed by atoms with Crippen molar-refractivity contribution in [1.82, 2.24) is 20.0 Å². The second kappa shape index (κ2) is 15.1. The summed E-state index contributed by atoms with van der Waals surface area (Å²) in [4.78, 5) is 46.0. The fourth-order valence-electron chi connectivity index (χ4n) is 8.34. The van der Waals surface area contributed by atoms with Crippen LogP contribution in [0.15, 0.2) is 40.9 Å². The molecule has 6 rings (SSSR count). The maximum absolute atomic E-state index is 14.1. The van der Waals surface area contributed by atoms with E-state index in [1.54, 1.807) is 4.90 Å². The first-order valence-corrected chi connectivity index (χ1v) is 18.4. The Morgan fingerprint density at radius 3 is 2.50 bits per heavy atom. The Morgan fingerprint density at radius 1 is 1.08 bits per heavy atom. The highest BCUT2D eigenvalue weighted by Gasteiger charge is 2.44. The molecule has 4 N–H and O–H groups in total. The molecule has 0 aromatic heterocycles. The van der Waals surface area contributed by atoms with Gasteiger partial charge in [0.1, 0.15) is 0 Å². The molecule has 10 nitrogen and oxygen atoms in total. The van der Waals surface area contributed by atoms with Crippen LogP contribution in [0.2, 0.25) is 0 Å². The van der Waals surface area contributed by atoms with Crippen LogP contribution in [0.1, 0.15) is 62.1 Å². The predicted molar refractivity (Wildman–Crippen MR) is 188 cm³/mol. The summed E-state index contributed by atoms with van der Waals surface area (Å²) < 4.78 is 47.6. The third kappa shape index (κ3) is 7.76. The minimum absolute atomic E-state index is 0.0503. The summed E-state index contributed by atoms with van der Waals surface area (Å²) in [7, 11) is 0. The Morgan fingerprint density at radius 2 is 1.80 bits per heavy atom. The number of carbonyl (C=O) groups excluding carboxylic acids is 3. The number of hydrogen-bond donors (Lipinski definition) is 3. The number of nitrogens with zero attached hydrogens (tertiary/aromatic N) is 3. The number of piperazine rings is 1. The van der Waals surface area contributed by atoms with Crippen molar-refractivity contribution in [2.45, 2.75) is 75.6 Å². The number of fused-ring (bicyclic) bond motifs is 2. The van der Waals surface area contributed by atoms with E-state index in [1.165, 1.54) is 11.0 Å². The lowest BCUT2D eigenvalue weighted by molar-refractivity contribution is -0.143. The fourth-order valence-corrected chi connectivity index (χ4v) is 8.85.